The van der Waals surface area contributed by atoms with Crippen LogP contribution in [-0.4, -0.2) is 39.8 Å². The average molecular weight is 385 g/mol. The van der Waals surface area contributed by atoms with Gasteiger partial charge >= 0.3 is 6.03 Å². The number of hydrogen-bond acceptors (Lipinski definition) is 5. The average Bonchev–Trinajstić information content (AvgIpc) is 3.10. The van der Waals surface area contributed by atoms with Gasteiger partial charge < -0.3 is 29.7 Å². The quantitative estimate of drug-likeness (QED) is 0.825. The Labute approximate surface area is 163 Å². The second-order valence-corrected chi connectivity index (χ2v) is 6.26. The second kappa shape index (κ2) is 8.08. The number of urea groups is 1. The number of benzene rings is 2. The van der Waals surface area contributed by atoms with E-state index in [4.69, 9.17) is 14.2 Å². The van der Waals surface area contributed by atoms with E-state index >= 15 is 0 Å². The Balaban J connectivity index is 1.76. The lowest BCUT2D eigenvalue weighted by Gasteiger charge is -2.16. The Morgan fingerprint density at radius 1 is 0.929 bits per heavy atom. The van der Waals surface area contributed by atoms with Crippen molar-refractivity contribution < 1.29 is 23.8 Å². The van der Waals surface area contributed by atoms with Crippen LogP contribution in [0.1, 0.15) is 12.5 Å². The maximum absolute atomic E-state index is 12.4. The molecule has 1 heterocycles. The zero-order valence-electron chi connectivity index (χ0n) is 16.3. The van der Waals surface area contributed by atoms with Gasteiger partial charge in [0.2, 0.25) is 11.7 Å². The van der Waals surface area contributed by atoms with Crippen molar-refractivity contribution in [3.05, 3.63) is 35.9 Å². The number of nitrogens with zero attached hydrogens (tertiary/aromatic N) is 1. The second-order valence-electron chi connectivity index (χ2n) is 6.26. The van der Waals surface area contributed by atoms with Crippen molar-refractivity contribution in [3.8, 4) is 17.2 Å². The number of amides is 3. The van der Waals surface area contributed by atoms with Crippen LogP contribution >= 0.6 is 0 Å². The van der Waals surface area contributed by atoms with E-state index in [-0.39, 0.29) is 5.91 Å². The zero-order valence-corrected chi connectivity index (χ0v) is 16.3. The molecule has 8 heteroatoms. The SMILES string of the molecule is COc1cc(NC(=O)Nc2ccc3c(c2)N(C(C)=O)CC3)cc(OC)c1OC. The van der Waals surface area contributed by atoms with Gasteiger partial charge in [0.25, 0.3) is 0 Å². The number of rotatable bonds is 5. The maximum atomic E-state index is 12.4. The van der Waals surface area contributed by atoms with Crippen molar-refractivity contribution >= 4 is 29.0 Å². The first-order chi connectivity index (χ1) is 13.5. The van der Waals surface area contributed by atoms with E-state index in [0.29, 0.717) is 35.2 Å². The minimum Gasteiger partial charge on any atom is -0.493 e. The van der Waals surface area contributed by atoms with Crippen molar-refractivity contribution in [3.63, 3.8) is 0 Å². The van der Waals surface area contributed by atoms with Crippen LogP contribution < -0.4 is 29.7 Å². The molecular weight excluding hydrogens is 362 g/mol. The molecule has 1 aliphatic heterocycles. The van der Waals surface area contributed by atoms with Gasteiger partial charge in [-0.05, 0) is 24.1 Å². The van der Waals surface area contributed by atoms with Gasteiger partial charge in [0, 0.05) is 37.0 Å². The molecule has 148 valence electrons. The normalized spacial score (nSPS) is 12.2. The molecular formula is C20H23N3O5. The summed E-state index contributed by atoms with van der Waals surface area (Å²) in [5.74, 6) is 1.30. The molecule has 0 saturated heterocycles. The predicted molar refractivity (Wildman–Crippen MR) is 107 cm³/mol. The Hall–Kier alpha value is -3.42. The monoisotopic (exact) mass is 385 g/mol. The number of anilines is 3. The fourth-order valence-corrected chi connectivity index (χ4v) is 3.23. The largest absolute Gasteiger partial charge is 0.493 e. The Kier molecular flexibility index (Phi) is 5.58. The Bertz CT molecular complexity index is 888. The van der Waals surface area contributed by atoms with Gasteiger partial charge in [-0.2, -0.15) is 0 Å². The van der Waals surface area contributed by atoms with Gasteiger partial charge in [0.15, 0.2) is 11.5 Å². The van der Waals surface area contributed by atoms with Crippen LogP contribution in [0.5, 0.6) is 17.2 Å². The lowest BCUT2D eigenvalue weighted by atomic mass is 10.1. The fraction of sp³-hybridized carbons (Fsp3) is 0.300. The first kappa shape index (κ1) is 19.3. The highest BCUT2D eigenvalue weighted by molar-refractivity contribution is 6.01. The maximum Gasteiger partial charge on any atom is 0.323 e. The molecule has 0 spiro atoms. The van der Waals surface area contributed by atoms with Gasteiger partial charge in [-0.25, -0.2) is 4.79 Å². The van der Waals surface area contributed by atoms with Gasteiger partial charge in [0.05, 0.1) is 27.0 Å². The molecule has 28 heavy (non-hydrogen) atoms. The summed E-state index contributed by atoms with van der Waals surface area (Å²) in [5, 5.41) is 5.53. The number of carbonyl (C=O) groups excluding carboxylic acids is 2. The number of fused-ring (bicyclic) bond motifs is 1. The Morgan fingerprint density at radius 3 is 2.14 bits per heavy atom. The molecule has 8 nitrogen and oxygen atoms in total. The summed E-state index contributed by atoms with van der Waals surface area (Å²) in [6, 6.07) is 8.40. The minimum absolute atomic E-state index is 0.0159. The van der Waals surface area contributed by atoms with Crippen molar-refractivity contribution in [2.75, 3.05) is 43.4 Å². The summed E-state index contributed by atoms with van der Waals surface area (Å²) >= 11 is 0. The number of carbonyl (C=O) groups is 2. The van der Waals surface area contributed by atoms with Crippen molar-refractivity contribution in [2.24, 2.45) is 0 Å². The van der Waals surface area contributed by atoms with Crippen LogP contribution in [0, 0.1) is 0 Å². The number of nitrogens with one attached hydrogen (secondary N) is 2. The van der Waals surface area contributed by atoms with Crippen LogP contribution in [0.4, 0.5) is 21.9 Å². The number of ether oxygens (including phenoxy) is 3. The highest BCUT2D eigenvalue weighted by atomic mass is 16.5. The highest BCUT2D eigenvalue weighted by Gasteiger charge is 2.22. The molecule has 2 aromatic carbocycles. The van der Waals surface area contributed by atoms with E-state index in [1.54, 1.807) is 23.1 Å². The smallest absolute Gasteiger partial charge is 0.323 e. The summed E-state index contributed by atoms with van der Waals surface area (Å²) < 4.78 is 15.9. The molecule has 1 aliphatic rings. The van der Waals surface area contributed by atoms with Crippen molar-refractivity contribution in [2.45, 2.75) is 13.3 Å². The van der Waals surface area contributed by atoms with Crippen molar-refractivity contribution in [1.29, 1.82) is 0 Å². The van der Waals surface area contributed by atoms with Crippen LogP contribution in [0.2, 0.25) is 0 Å². The summed E-state index contributed by atoms with van der Waals surface area (Å²) in [5.41, 5.74) is 3.00. The lowest BCUT2D eigenvalue weighted by molar-refractivity contribution is -0.116. The molecule has 0 radical (unpaired) electrons. The van der Waals surface area contributed by atoms with Crippen molar-refractivity contribution in [1.82, 2.24) is 0 Å². The molecule has 0 aromatic heterocycles. The summed E-state index contributed by atoms with van der Waals surface area (Å²) in [6.45, 7) is 2.19. The summed E-state index contributed by atoms with van der Waals surface area (Å²) in [4.78, 5) is 25.9. The number of methoxy groups -OCH3 is 3. The van der Waals surface area contributed by atoms with E-state index < -0.39 is 6.03 Å². The third-order valence-electron chi connectivity index (χ3n) is 4.54. The molecule has 0 saturated carbocycles. The van der Waals surface area contributed by atoms with Crippen LogP contribution in [0.25, 0.3) is 0 Å². The predicted octanol–water partition coefficient (Wildman–Crippen LogP) is 3.27. The van der Waals surface area contributed by atoms with E-state index in [9.17, 15) is 9.59 Å². The minimum atomic E-state index is -0.429. The third kappa shape index (κ3) is 3.80. The summed E-state index contributed by atoms with van der Waals surface area (Å²) in [6.07, 6.45) is 0.812. The van der Waals surface area contributed by atoms with E-state index in [2.05, 4.69) is 10.6 Å². The molecule has 2 aromatic rings. The first-order valence-corrected chi connectivity index (χ1v) is 8.76. The van der Waals surface area contributed by atoms with E-state index in [0.717, 1.165) is 17.7 Å². The Morgan fingerprint density at radius 2 is 1.57 bits per heavy atom. The standard InChI is InChI=1S/C20H23N3O5/c1-12(24)23-8-7-13-5-6-14(9-16(13)23)21-20(25)22-15-10-17(26-2)19(28-4)18(11-15)27-3/h5-6,9-11H,7-8H2,1-4H3,(H2,21,22,25). The first-order valence-electron chi connectivity index (χ1n) is 8.76. The molecule has 0 aliphatic carbocycles. The molecule has 3 amide bonds. The van der Waals surface area contributed by atoms with Crippen LogP contribution in [0.3, 0.4) is 0 Å². The molecule has 0 fully saturated rings. The van der Waals surface area contributed by atoms with E-state index in [1.807, 2.05) is 12.1 Å². The molecule has 2 N–H and O–H groups in total. The van der Waals surface area contributed by atoms with E-state index in [1.165, 1.54) is 28.3 Å². The third-order valence-corrected chi connectivity index (χ3v) is 4.54. The van der Waals surface area contributed by atoms with Gasteiger partial charge in [-0.1, -0.05) is 6.07 Å². The molecule has 3 rings (SSSR count). The number of hydrogen-bond donors (Lipinski definition) is 2. The van der Waals surface area contributed by atoms with Crippen LogP contribution in [0.15, 0.2) is 30.3 Å². The lowest BCUT2D eigenvalue weighted by Crippen LogP contribution is -2.26. The zero-order chi connectivity index (χ0) is 20.3. The van der Waals surface area contributed by atoms with Gasteiger partial charge in [-0.15, -0.1) is 0 Å². The van der Waals surface area contributed by atoms with Gasteiger partial charge in [-0.3, -0.25) is 4.79 Å². The van der Waals surface area contributed by atoms with Gasteiger partial charge in [0.1, 0.15) is 0 Å². The summed E-state index contributed by atoms with van der Waals surface area (Å²) in [7, 11) is 4.53. The van der Waals surface area contributed by atoms with Crippen LogP contribution in [-0.2, 0) is 11.2 Å². The topological polar surface area (TPSA) is 89.1 Å². The highest BCUT2D eigenvalue weighted by Crippen LogP contribution is 2.40. The fourth-order valence-electron chi connectivity index (χ4n) is 3.23. The molecule has 0 atom stereocenters. The molecule has 0 bridgehead atoms. The molecule has 0 unspecified atom stereocenters.